The Morgan fingerprint density at radius 2 is 2.25 bits per heavy atom. The Hall–Kier alpha value is -0.840. The van der Waals surface area contributed by atoms with E-state index in [9.17, 15) is 0 Å². The van der Waals surface area contributed by atoms with Gasteiger partial charge in [0, 0.05) is 13.1 Å². The number of pyridine rings is 1. The molecule has 1 N–H and O–H groups in total. The second kappa shape index (κ2) is 6.29. The van der Waals surface area contributed by atoms with E-state index >= 15 is 0 Å². The number of halogens is 1. The number of morpholine rings is 1. The van der Waals surface area contributed by atoms with Crippen LogP contribution in [0.4, 0.5) is 5.82 Å². The van der Waals surface area contributed by atoms with Gasteiger partial charge in [0.2, 0.25) is 0 Å². The van der Waals surface area contributed by atoms with Gasteiger partial charge >= 0.3 is 0 Å². The third-order valence-electron chi connectivity index (χ3n) is 4.27. The lowest BCUT2D eigenvalue weighted by atomic mass is 9.90. The average molecular weight is 296 g/mol. The first-order valence-electron chi connectivity index (χ1n) is 7.48. The smallest absolute Gasteiger partial charge is 0.129 e. The fourth-order valence-electron chi connectivity index (χ4n) is 3.31. The number of rotatable bonds is 3. The van der Waals surface area contributed by atoms with Crippen molar-refractivity contribution in [2.45, 2.75) is 44.4 Å². The number of hydrogen-bond acceptors (Lipinski definition) is 4. The normalized spacial score (nSPS) is 26.4. The molecule has 1 saturated heterocycles. The molecule has 3 rings (SSSR count). The van der Waals surface area contributed by atoms with Crippen LogP contribution in [0.5, 0.6) is 0 Å². The minimum Gasteiger partial charge on any atom is -0.374 e. The molecule has 5 heteroatoms. The van der Waals surface area contributed by atoms with Crippen LogP contribution in [0, 0.1) is 0 Å². The van der Waals surface area contributed by atoms with Crippen LogP contribution in [0.15, 0.2) is 12.1 Å². The van der Waals surface area contributed by atoms with Gasteiger partial charge in [-0.3, -0.25) is 0 Å². The molecule has 2 aliphatic rings. The Labute approximate surface area is 125 Å². The summed E-state index contributed by atoms with van der Waals surface area (Å²) < 4.78 is 5.93. The van der Waals surface area contributed by atoms with E-state index < -0.39 is 0 Å². The molecule has 2 unspecified atom stereocenters. The summed E-state index contributed by atoms with van der Waals surface area (Å²) in [7, 11) is 1.91. The number of aromatic nitrogens is 1. The lowest BCUT2D eigenvalue weighted by Gasteiger charge is -2.44. The zero-order valence-corrected chi connectivity index (χ0v) is 12.7. The first-order chi connectivity index (χ1) is 9.79. The highest BCUT2D eigenvalue weighted by atomic mass is 35.5. The third-order valence-corrected chi connectivity index (χ3v) is 4.62. The second-order valence-corrected chi connectivity index (χ2v) is 5.99. The van der Waals surface area contributed by atoms with Crippen LogP contribution in [-0.2, 0) is 11.3 Å². The molecule has 0 spiro atoms. The number of hydrogen-bond donors (Lipinski definition) is 1. The van der Waals surface area contributed by atoms with Crippen molar-refractivity contribution in [3.8, 4) is 0 Å². The maximum atomic E-state index is 6.21. The molecule has 0 radical (unpaired) electrons. The summed E-state index contributed by atoms with van der Waals surface area (Å²) in [6, 6.07) is 4.48. The van der Waals surface area contributed by atoms with Crippen molar-refractivity contribution in [3.05, 3.63) is 22.8 Å². The Kier molecular flexibility index (Phi) is 4.44. The Balaban J connectivity index is 1.85. The highest BCUT2D eigenvalue weighted by Gasteiger charge is 2.34. The summed E-state index contributed by atoms with van der Waals surface area (Å²) in [4.78, 5) is 7.17. The maximum Gasteiger partial charge on any atom is 0.129 e. The van der Waals surface area contributed by atoms with Gasteiger partial charge in [0.1, 0.15) is 5.82 Å². The maximum absolute atomic E-state index is 6.21. The Morgan fingerprint density at radius 3 is 3.10 bits per heavy atom. The fourth-order valence-corrected chi connectivity index (χ4v) is 3.48. The molecular formula is C15H22ClN3O. The highest BCUT2D eigenvalue weighted by Crippen LogP contribution is 2.32. The van der Waals surface area contributed by atoms with E-state index in [-0.39, 0.29) is 0 Å². The predicted molar refractivity (Wildman–Crippen MR) is 81.4 cm³/mol. The van der Waals surface area contributed by atoms with Gasteiger partial charge in [0.05, 0.1) is 29.5 Å². The van der Waals surface area contributed by atoms with Gasteiger partial charge in [-0.15, -0.1) is 0 Å². The van der Waals surface area contributed by atoms with Crippen molar-refractivity contribution < 1.29 is 4.74 Å². The molecule has 2 fully saturated rings. The summed E-state index contributed by atoms with van der Waals surface area (Å²) in [6.45, 7) is 2.42. The molecule has 110 valence electrons. The monoisotopic (exact) mass is 295 g/mol. The van der Waals surface area contributed by atoms with Crippen LogP contribution < -0.4 is 10.2 Å². The molecule has 0 amide bonds. The fraction of sp³-hybridized carbons (Fsp3) is 0.667. The minimum absolute atomic E-state index is 0.378. The van der Waals surface area contributed by atoms with Crippen molar-refractivity contribution in [1.82, 2.24) is 10.3 Å². The second-order valence-electron chi connectivity index (χ2n) is 5.58. The number of nitrogens with one attached hydrogen (secondary N) is 1. The summed E-state index contributed by atoms with van der Waals surface area (Å²) in [5.41, 5.74) is 0.922. The molecule has 0 aromatic carbocycles. The zero-order chi connectivity index (χ0) is 13.9. The van der Waals surface area contributed by atoms with E-state index in [1.54, 1.807) is 0 Å². The number of fused-ring (bicyclic) bond motifs is 1. The van der Waals surface area contributed by atoms with E-state index in [1.807, 2.05) is 19.2 Å². The lowest BCUT2D eigenvalue weighted by molar-refractivity contribution is -0.00899. The first-order valence-corrected chi connectivity index (χ1v) is 7.85. The summed E-state index contributed by atoms with van der Waals surface area (Å²) >= 11 is 6.21. The van der Waals surface area contributed by atoms with Gasteiger partial charge in [-0.25, -0.2) is 4.98 Å². The van der Waals surface area contributed by atoms with E-state index in [0.29, 0.717) is 18.7 Å². The van der Waals surface area contributed by atoms with Crippen molar-refractivity contribution in [2.24, 2.45) is 0 Å². The molecule has 1 aromatic heterocycles. The van der Waals surface area contributed by atoms with Crippen LogP contribution in [0.3, 0.4) is 0 Å². The summed E-state index contributed by atoms with van der Waals surface area (Å²) in [5.74, 6) is 1.04. The lowest BCUT2D eigenvalue weighted by Crippen LogP contribution is -2.53. The molecule has 1 saturated carbocycles. The quantitative estimate of drug-likeness (QED) is 0.930. The number of nitrogens with zero attached hydrogens (tertiary/aromatic N) is 2. The van der Waals surface area contributed by atoms with Gasteiger partial charge in [0.25, 0.3) is 0 Å². The molecule has 0 bridgehead atoms. The molecule has 2 heterocycles. The molecule has 4 nitrogen and oxygen atoms in total. The van der Waals surface area contributed by atoms with Gasteiger partial charge < -0.3 is 15.0 Å². The van der Waals surface area contributed by atoms with Crippen LogP contribution >= 0.6 is 11.6 Å². The summed E-state index contributed by atoms with van der Waals surface area (Å²) in [6.07, 6.45) is 5.34. The van der Waals surface area contributed by atoms with Crippen molar-refractivity contribution in [1.29, 1.82) is 0 Å². The SMILES string of the molecule is CNCc1nc(N2CCOC3CCCCC32)ccc1Cl. The van der Waals surface area contributed by atoms with Crippen molar-refractivity contribution >= 4 is 17.4 Å². The van der Waals surface area contributed by atoms with Crippen molar-refractivity contribution in [2.75, 3.05) is 25.1 Å². The number of ether oxygens (including phenoxy) is 1. The van der Waals surface area contributed by atoms with Gasteiger partial charge in [-0.2, -0.15) is 0 Å². The molecule has 20 heavy (non-hydrogen) atoms. The minimum atomic E-state index is 0.378. The van der Waals surface area contributed by atoms with E-state index in [1.165, 1.54) is 25.7 Å². The van der Waals surface area contributed by atoms with E-state index in [4.69, 9.17) is 21.3 Å². The zero-order valence-electron chi connectivity index (χ0n) is 11.9. The van der Waals surface area contributed by atoms with Crippen LogP contribution in [0.1, 0.15) is 31.4 Å². The molecule has 1 aromatic rings. The van der Waals surface area contributed by atoms with Crippen LogP contribution in [0.25, 0.3) is 0 Å². The molecule has 1 aliphatic carbocycles. The Morgan fingerprint density at radius 1 is 1.40 bits per heavy atom. The average Bonchev–Trinajstić information content (AvgIpc) is 2.49. The van der Waals surface area contributed by atoms with E-state index in [2.05, 4.69) is 10.2 Å². The molecule has 2 atom stereocenters. The van der Waals surface area contributed by atoms with Crippen LogP contribution in [0.2, 0.25) is 5.02 Å². The van der Waals surface area contributed by atoms with Gasteiger partial charge in [0.15, 0.2) is 0 Å². The topological polar surface area (TPSA) is 37.4 Å². The van der Waals surface area contributed by atoms with Crippen molar-refractivity contribution in [3.63, 3.8) is 0 Å². The largest absolute Gasteiger partial charge is 0.374 e. The molecule has 1 aliphatic heterocycles. The third kappa shape index (κ3) is 2.78. The Bertz CT molecular complexity index is 466. The summed E-state index contributed by atoms with van der Waals surface area (Å²) in [5, 5.41) is 3.85. The highest BCUT2D eigenvalue weighted by molar-refractivity contribution is 6.31. The van der Waals surface area contributed by atoms with Crippen LogP contribution in [-0.4, -0.2) is 37.3 Å². The predicted octanol–water partition coefficient (Wildman–Crippen LogP) is 2.60. The standard InChI is InChI=1S/C15H22ClN3O/c1-17-10-12-11(16)6-7-15(18-12)19-8-9-20-14-5-3-2-4-13(14)19/h6-7,13-14,17H,2-5,8-10H2,1H3. The van der Waals surface area contributed by atoms with E-state index in [0.717, 1.165) is 29.7 Å². The first kappa shape index (κ1) is 14.1. The van der Waals surface area contributed by atoms with Gasteiger partial charge in [-0.1, -0.05) is 24.4 Å². The van der Waals surface area contributed by atoms with Gasteiger partial charge in [-0.05, 0) is 32.0 Å². The molecular weight excluding hydrogens is 274 g/mol. The number of anilines is 1.